The van der Waals surface area contributed by atoms with Gasteiger partial charge >= 0.3 is 0 Å². The molecule has 6 heteroatoms. The predicted octanol–water partition coefficient (Wildman–Crippen LogP) is 2.91. The Balaban J connectivity index is 1.46. The van der Waals surface area contributed by atoms with Gasteiger partial charge < -0.3 is 14.7 Å². The molecule has 3 saturated heterocycles. The van der Waals surface area contributed by atoms with Gasteiger partial charge in [0.25, 0.3) is 5.91 Å². The quantitative estimate of drug-likeness (QED) is 0.896. The van der Waals surface area contributed by atoms with E-state index in [1.165, 1.54) is 6.07 Å². The van der Waals surface area contributed by atoms with Crippen LogP contribution >= 0.6 is 11.6 Å². The third kappa shape index (κ3) is 3.25. The van der Waals surface area contributed by atoms with Crippen molar-refractivity contribution in [1.82, 2.24) is 9.80 Å². The van der Waals surface area contributed by atoms with Crippen molar-refractivity contribution in [2.24, 2.45) is 0 Å². The number of likely N-dealkylation sites (tertiary alicyclic amines) is 2. The van der Waals surface area contributed by atoms with E-state index < -0.39 is 0 Å². The zero-order chi connectivity index (χ0) is 17.4. The standard InChI is InChI=1S/C19H25ClN2O3/c20-14-4-5-16(17(23)11-14)18(24)21-8-2-6-19(13-21)7-9-22(19)12-15-3-1-10-25-15/h4-5,11,15,23H,1-3,6-10,12-13H2. The molecule has 3 aliphatic heterocycles. The molecule has 5 nitrogen and oxygen atoms in total. The molecule has 3 heterocycles. The number of piperidine rings is 1. The van der Waals surface area contributed by atoms with Crippen LogP contribution in [-0.2, 0) is 4.74 Å². The van der Waals surface area contributed by atoms with Gasteiger partial charge in [0, 0.05) is 43.3 Å². The average Bonchev–Trinajstić information content (AvgIpc) is 3.12. The van der Waals surface area contributed by atoms with Crippen molar-refractivity contribution < 1.29 is 14.6 Å². The van der Waals surface area contributed by atoms with Crippen LogP contribution in [-0.4, -0.2) is 65.2 Å². The summed E-state index contributed by atoms with van der Waals surface area (Å²) in [5, 5.41) is 10.5. The molecule has 0 radical (unpaired) electrons. The lowest BCUT2D eigenvalue weighted by atomic mass is 9.77. The molecule has 136 valence electrons. The van der Waals surface area contributed by atoms with Gasteiger partial charge in [-0.3, -0.25) is 9.69 Å². The summed E-state index contributed by atoms with van der Waals surface area (Å²) in [6.45, 7) is 4.44. The molecule has 0 saturated carbocycles. The largest absolute Gasteiger partial charge is 0.507 e. The smallest absolute Gasteiger partial charge is 0.257 e. The van der Waals surface area contributed by atoms with Crippen LogP contribution in [0.15, 0.2) is 18.2 Å². The fraction of sp³-hybridized carbons (Fsp3) is 0.632. The monoisotopic (exact) mass is 364 g/mol. The van der Waals surface area contributed by atoms with Gasteiger partial charge in [-0.1, -0.05) is 11.6 Å². The molecule has 1 N–H and O–H groups in total. The minimum atomic E-state index is -0.0998. The van der Waals surface area contributed by atoms with E-state index in [9.17, 15) is 9.90 Å². The van der Waals surface area contributed by atoms with Gasteiger partial charge in [0.2, 0.25) is 0 Å². The first-order valence-corrected chi connectivity index (χ1v) is 9.60. The fourth-order valence-corrected chi connectivity index (χ4v) is 4.68. The maximum absolute atomic E-state index is 12.9. The molecule has 3 fully saturated rings. The number of carbonyl (C=O) groups is 1. The summed E-state index contributed by atoms with van der Waals surface area (Å²) >= 11 is 5.88. The van der Waals surface area contributed by atoms with Crippen molar-refractivity contribution >= 4 is 17.5 Å². The SMILES string of the molecule is O=C(c1ccc(Cl)cc1O)N1CCCC2(CCN2CC2CCCO2)C1. The van der Waals surface area contributed by atoms with Crippen LogP contribution in [0, 0.1) is 0 Å². The number of aromatic hydroxyl groups is 1. The predicted molar refractivity (Wildman–Crippen MR) is 96.1 cm³/mol. The normalized spacial score (nSPS) is 29.8. The number of rotatable bonds is 3. The van der Waals surface area contributed by atoms with E-state index in [0.29, 0.717) is 16.7 Å². The highest BCUT2D eigenvalue weighted by molar-refractivity contribution is 6.30. The second kappa shape index (κ2) is 6.78. The van der Waals surface area contributed by atoms with Crippen LogP contribution < -0.4 is 0 Å². The van der Waals surface area contributed by atoms with E-state index in [1.807, 2.05) is 4.90 Å². The molecule has 1 aromatic carbocycles. The summed E-state index contributed by atoms with van der Waals surface area (Å²) in [4.78, 5) is 17.3. The lowest BCUT2D eigenvalue weighted by Gasteiger charge is -2.57. The lowest BCUT2D eigenvalue weighted by Crippen LogP contribution is -2.68. The van der Waals surface area contributed by atoms with Gasteiger partial charge in [0.1, 0.15) is 5.75 Å². The number of phenolic OH excluding ortho intramolecular Hbond substituents is 1. The molecule has 25 heavy (non-hydrogen) atoms. The van der Waals surface area contributed by atoms with Crippen molar-refractivity contribution in [3.63, 3.8) is 0 Å². The Labute approximate surface area is 153 Å². The summed E-state index contributed by atoms with van der Waals surface area (Å²) in [6.07, 6.45) is 5.93. The maximum atomic E-state index is 12.9. The van der Waals surface area contributed by atoms with Gasteiger partial charge in [0.15, 0.2) is 0 Å². The summed E-state index contributed by atoms with van der Waals surface area (Å²) in [5.74, 6) is -0.140. The van der Waals surface area contributed by atoms with Crippen LogP contribution in [0.3, 0.4) is 0 Å². The van der Waals surface area contributed by atoms with Gasteiger partial charge in [0.05, 0.1) is 11.7 Å². The van der Waals surface area contributed by atoms with E-state index in [2.05, 4.69) is 4.90 Å². The van der Waals surface area contributed by atoms with Crippen LogP contribution in [0.25, 0.3) is 0 Å². The van der Waals surface area contributed by atoms with Crippen LogP contribution in [0.4, 0.5) is 0 Å². The average molecular weight is 365 g/mol. The van der Waals surface area contributed by atoms with Crippen LogP contribution in [0.1, 0.15) is 42.5 Å². The molecule has 1 aromatic rings. The number of carbonyl (C=O) groups excluding carboxylic acids is 1. The van der Waals surface area contributed by atoms with Crippen molar-refractivity contribution in [1.29, 1.82) is 0 Å². The lowest BCUT2D eigenvalue weighted by molar-refractivity contribution is -0.0807. The Morgan fingerprint density at radius 2 is 2.20 bits per heavy atom. The minimum Gasteiger partial charge on any atom is -0.507 e. The Morgan fingerprint density at radius 1 is 1.32 bits per heavy atom. The van der Waals surface area contributed by atoms with Crippen LogP contribution in [0.5, 0.6) is 5.75 Å². The fourth-order valence-electron chi connectivity index (χ4n) is 4.51. The molecule has 0 aromatic heterocycles. The van der Waals surface area contributed by atoms with Gasteiger partial charge in [-0.05, 0) is 50.3 Å². The highest BCUT2D eigenvalue weighted by Crippen LogP contribution is 2.40. The van der Waals surface area contributed by atoms with Crippen molar-refractivity contribution in [2.45, 2.75) is 43.7 Å². The Hall–Kier alpha value is -1.30. The van der Waals surface area contributed by atoms with Gasteiger partial charge in [-0.25, -0.2) is 0 Å². The highest BCUT2D eigenvalue weighted by Gasteiger charge is 2.48. The second-order valence-electron chi connectivity index (χ2n) is 7.55. The number of benzene rings is 1. The number of hydrogen-bond acceptors (Lipinski definition) is 4. The summed E-state index contributed by atoms with van der Waals surface area (Å²) < 4.78 is 5.80. The van der Waals surface area contributed by atoms with Crippen molar-refractivity contribution in [3.05, 3.63) is 28.8 Å². The first-order valence-electron chi connectivity index (χ1n) is 9.22. The number of ether oxygens (including phenoxy) is 1. The third-order valence-electron chi connectivity index (χ3n) is 6.00. The summed E-state index contributed by atoms with van der Waals surface area (Å²) in [7, 11) is 0. The zero-order valence-electron chi connectivity index (χ0n) is 14.4. The van der Waals surface area contributed by atoms with Crippen molar-refractivity contribution in [2.75, 3.05) is 32.8 Å². The highest BCUT2D eigenvalue weighted by atomic mass is 35.5. The second-order valence-corrected chi connectivity index (χ2v) is 7.98. The Kier molecular flexibility index (Phi) is 4.65. The molecule has 2 unspecified atom stereocenters. The van der Waals surface area contributed by atoms with E-state index in [4.69, 9.17) is 16.3 Å². The zero-order valence-corrected chi connectivity index (χ0v) is 15.2. The molecular formula is C19H25ClN2O3. The summed E-state index contributed by atoms with van der Waals surface area (Å²) in [5.41, 5.74) is 0.438. The molecule has 3 aliphatic rings. The van der Waals surface area contributed by atoms with E-state index in [1.54, 1.807) is 12.1 Å². The van der Waals surface area contributed by atoms with E-state index >= 15 is 0 Å². The first-order chi connectivity index (χ1) is 12.1. The molecule has 1 spiro atoms. The first kappa shape index (κ1) is 17.1. The van der Waals surface area contributed by atoms with Crippen LogP contribution in [0.2, 0.25) is 5.02 Å². The number of phenols is 1. The van der Waals surface area contributed by atoms with Gasteiger partial charge in [-0.2, -0.15) is 0 Å². The number of amides is 1. The minimum absolute atomic E-state index is 0.0399. The Bertz CT molecular complexity index is 662. The molecule has 1 amide bonds. The third-order valence-corrected chi connectivity index (χ3v) is 6.23. The molecule has 4 rings (SSSR count). The van der Waals surface area contributed by atoms with E-state index in [0.717, 1.165) is 64.9 Å². The number of halogens is 1. The summed E-state index contributed by atoms with van der Waals surface area (Å²) in [6, 6.07) is 4.70. The molecule has 0 aliphatic carbocycles. The topological polar surface area (TPSA) is 53.0 Å². The molecule has 2 atom stereocenters. The maximum Gasteiger partial charge on any atom is 0.257 e. The van der Waals surface area contributed by atoms with E-state index in [-0.39, 0.29) is 17.2 Å². The number of hydrogen-bond donors (Lipinski definition) is 1. The number of nitrogens with zero attached hydrogens (tertiary/aromatic N) is 2. The van der Waals surface area contributed by atoms with Crippen molar-refractivity contribution in [3.8, 4) is 5.75 Å². The Morgan fingerprint density at radius 3 is 2.88 bits per heavy atom. The molecular weight excluding hydrogens is 340 g/mol. The molecule has 0 bridgehead atoms. The van der Waals surface area contributed by atoms with Gasteiger partial charge in [-0.15, -0.1) is 0 Å².